The average Bonchev–Trinajstić information content (AvgIpc) is 2.96. The highest BCUT2D eigenvalue weighted by atomic mass is 79.9. The van der Waals surface area contributed by atoms with E-state index in [4.69, 9.17) is 0 Å². The number of anilines is 1. The molecule has 0 spiro atoms. The SMILES string of the molecule is O=S1(=O)CCCC2Nc3ccnn3C(c3ccc(F)c(Br)c3)C21. The van der Waals surface area contributed by atoms with Gasteiger partial charge in [-0.05, 0) is 46.5 Å². The Bertz CT molecular complexity index is 867. The van der Waals surface area contributed by atoms with Crippen molar-refractivity contribution in [1.82, 2.24) is 9.78 Å². The van der Waals surface area contributed by atoms with Crippen LogP contribution in [-0.4, -0.2) is 35.2 Å². The molecule has 1 saturated heterocycles. The summed E-state index contributed by atoms with van der Waals surface area (Å²) in [5.74, 6) is 0.617. The van der Waals surface area contributed by atoms with Crippen LogP contribution in [0.3, 0.4) is 0 Å². The highest BCUT2D eigenvalue weighted by molar-refractivity contribution is 9.10. The molecule has 23 heavy (non-hydrogen) atoms. The number of nitrogens with one attached hydrogen (secondary N) is 1. The second-order valence-electron chi connectivity index (χ2n) is 6.00. The number of aromatic nitrogens is 2. The van der Waals surface area contributed by atoms with E-state index >= 15 is 0 Å². The molecule has 122 valence electrons. The van der Waals surface area contributed by atoms with Gasteiger partial charge in [-0.2, -0.15) is 5.10 Å². The minimum Gasteiger partial charge on any atom is -0.366 e. The van der Waals surface area contributed by atoms with E-state index in [9.17, 15) is 12.8 Å². The fourth-order valence-electron chi connectivity index (χ4n) is 3.63. The number of hydrogen-bond donors (Lipinski definition) is 1. The van der Waals surface area contributed by atoms with Crippen molar-refractivity contribution in [3.05, 3.63) is 46.3 Å². The summed E-state index contributed by atoms with van der Waals surface area (Å²) in [5.41, 5.74) is 0.741. The predicted octanol–water partition coefficient (Wildman–Crippen LogP) is 2.75. The zero-order valence-electron chi connectivity index (χ0n) is 12.1. The standard InChI is InChI=1S/C15H15BrFN3O2S/c16-10-8-9(3-4-11(10)17)14-15-12(2-1-7-23(15,21)22)19-13-5-6-18-20(13)14/h3-6,8,12,14-15,19H,1-2,7H2. The van der Waals surface area contributed by atoms with Crippen LogP contribution >= 0.6 is 15.9 Å². The Labute approximate surface area is 141 Å². The van der Waals surface area contributed by atoms with E-state index in [1.807, 2.05) is 6.07 Å². The zero-order chi connectivity index (χ0) is 16.2. The van der Waals surface area contributed by atoms with Gasteiger partial charge in [-0.1, -0.05) is 6.07 Å². The number of fused-ring (bicyclic) bond motifs is 2. The van der Waals surface area contributed by atoms with E-state index in [0.717, 1.165) is 17.8 Å². The lowest BCUT2D eigenvalue weighted by Gasteiger charge is -2.42. The molecule has 1 aromatic carbocycles. The first-order valence-corrected chi connectivity index (χ1v) is 9.95. The molecular formula is C15H15BrFN3O2S. The lowest BCUT2D eigenvalue weighted by molar-refractivity contribution is 0.393. The van der Waals surface area contributed by atoms with Crippen LogP contribution in [0.4, 0.5) is 10.2 Å². The average molecular weight is 400 g/mol. The Morgan fingerprint density at radius 2 is 2.17 bits per heavy atom. The molecule has 1 aromatic heterocycles. The van der Waals surface area contributed by atoms with Crippen molar-refractivity contribution in [3.8, 4) is 0 Å². The van der Waals surface area contributed by atoms with E-state index in [-0.39, 0.29) is 17.6 Å². The third-order valence-electron chi connectivity index (χ3n) is 4.62. The topological polar surface area (TPSA) is 64.0 Å². The minimum absolute atomic E-state index is 0.147. The maximum absolute atomic E-state index is 13.6. The van der Waals surface area contributed by atoms with Crippen LogP contribution in [0.15, 0.2) is 34.9 Å². The maximum Gasteiger partial charge on any atom is 0.157 e. The molecule has 1 N–H and O–H groups in total. The van der Waals surface area contributed by atoms with Gasteiger partial charge in [0.1, 0.15) is 16.9 Å². The Balaban J connectivity index is 1.91. The molecule has 0 bridgehead atoms. The number of nitrogens with zero attached hydrogens (tertiary/aromatic N) is 2. The Morgan fingerprint density at radius 3 is 2.96 bits per heavy atom. The van der Waals surface area contributed by atoms with E-state index in [0.29, 0.717) is 10.9 Å². The lowest BCUT2D eigenvalue weighted by atomic mass is 9.94. The third-order valence-corrected chi connectivity index (χ3v) is 7.50. The number of rotatable bonds is 1. The molecule has 2 aliphatic heterocycles. The third kappa shape index (κ3) is 2.39. The first-order chi connectivity index (χ1) is 11.0. The van der Waals surface area contributed by atoms with Gasteiger partial charge in [0.25, 0.3) is 0 Å². The van der Waals surface area contributed by atoms with Crippen molar-refractivity contribution in [3.63, 3.8) is 0 Å². The number of halogens is 2. The summed E-state index contributed by atoms with van der Waals surface area (Å²) in [5, 5.41) is 7.00. The second-order valence-corrected chi connectivity index (χ2v) is 9.14. The molecule has 8 heteroatoms. The van der Waals surface area contributed by atoms with Gasteiger partial charge in [0.2, 0.25) is 0 Å². The van der Waals surface area contributed by atoms with Crippen LogP contribution in [0.25, 0.3) is 0 Å². The van der Waals surface area contributed by atoms with Crippen molar-refractivity contribution >= 4 is 31.6 Å². The summed E-state index contributed by atoms with van der Waals surface area (Å²) in [6, 6.07) is 5.89. The van der Waals surface area contributed by atoms with Crippen LogP contribution in [0.1, 0.15) is 24.4 Å². The van der Waals surface area contributed by atoms with Gasteiger partial charge in [-0.25, -0.2) is 17.5 Å². The van der Waals surface area contributed by atoms with Gasteiger partial charge in [0.15, 0.2) is 9.84 Å². The molecule has 2 aliphatic rings. The summed E-state index contributed by atoms with van der Waals surface area (Å²) >= 11 is 3.19. The van der Waals surface area contributed by atoms with Crippen LogP contribution in [0, 0.1) is 5.82 Å². The molecular weight excluding hydrogens is 385 g/mol. The second kappa shape index (κ2) is 5.31. The van der Waals surface area contributed by atoms with Gasteiger partial charge in [0, 0.05) is 12.1 Å². The normalized spacial score (nSPS) is 28.5. The van der Waals surface area contributed by atoms with Crippen molar-refractivity contribution in [2.75, 3.05) is 11.1 Å². The van der Waals surface area contributed by atoms with E-state index in [1.165, 1.54) is 6.07 Å². The van der Waals surface area contributed by atoms with Crippen LogP contribution in [-0.2, 0) is 9.84 Å². The van der Waals surface area contributed by atoms with Crippen LogP contribution in [0.2, 0.25) is 0 Å². The number of sulfone groups is 1. The number of hydrogen-bond acceptors (Lipinski definition) is 4. The molecule has 1 fully saturated rings. The summed E-state index contributed by atoms with van der Waals surface area (Å²) in [4.78, 5) is 0. The van der Waals surface area contributed by atoms with Crippen molar-refractivity contribution in [2.45, 2.75) is 30.2 Å². The summed E-state index contributed by atoms with van der Waals surface area (Å²) in [6.45, 7) is 0. The highest BCUT2D eigenvalue weighted by Crippen LogP contribution is 2.40. The molecule has 3 heterocycles. The molecule has 0 aliphatic carbocycles. The van der Waals surface area contributed by atoms with Crippen molar-refractivity contribution in [1.29, 1.82) is 0 Å². The van der Waals surface area contributed by atoms with Crippen molar-refractivity contribution < 1.29 is 12.8 Å². The molecule has 3 atom stereocenters. The van der Waals surface area contributed by atoms with Gasteiger partial charge >= 0.3 is 0 Å². The largest absolute Gasteiger partial charge is 0.366 e. The van der Waals surface area contributed by atoms with Gasteiger partial charge in [0.05, 0.1) is 22.5 Å². The Hall–Kier alpha value is -1.41. The molecule has 3 unspecified atom stereocenters. The predicted molar refractivity (Wildman–Crippen MR) is 88.7 cm³/mol. The fraction of sp³-hybridized carbons (Fsp3) is 0.400. The van der Waals surface area contributed by atoms with E-state index in [1.54, 1.807) is 23.0 Å². The Morgan fingerprint density at radius 1 is 1.35 bits per heavy atom. The molecule has 0 saturated carbocycles. The fourth-order valence-corrected chi connectivity index (χ4v) is 6.24. The van der Waals surface area contributed by atoms with Crippen molar-refractivity contribution in [2.24, 2.45) is 0 Å². The first-order valence-electron chi connectivity index (χ1n) is 7.44. The molecule has 0 amide bonds. The highest BCUT2D eigenvalue weighted by Gasteiger charge is 2.47. The quantitative estimate of drug-likeness (QED) is 0.800. The van der Waals surface area contributed by atoms with Gasteiger partial charge < -0.3 is 5.32 Å². The van der Waals surface area contributed by atoms with Crippen LogP contribution < -0.4 is 5.32 Å². The minimum atomic E-state index is -3.26. The van der Waals surface area contributed by atoms with Crippen LogP contribution in [0.5, 0.6) is 0 Å². The monoisotopic (exact) mass is 399 g/mol. The molecule has 4 rings (SSSR count). The molecule has 2 aromatic rings. The maximum atomic E-state index is 13.6. The summed E-state index contributed by atoms with van der Waals surface area (Å²) in [7, 11) is -3.26. The summed E-state index contributed by atoms with van der Waals surface area (Å²) < 4.78 is 41.0. The molecule has 0 radical (unpaired) electrons. The van der Waals surface area contributed by atoms with E-state index < -0.39 is 21.1 Å². The first kappa shape index (κ1) is 15.1. The smallest absolute Gasteiger partial charge is 0.157 e. The lowest BCUT2D eigenvalue weighted by Crippen LogP contribution is -2.53. The molecule has 5 nitrogen and oxygen atoms in total. The zero-order valence-corrected chi connectivity index (χ0v) is 14.5. The van der Waals surface area contributed by atoms with E-state index in [2.05, 4.69) is 26.3 Å². The van der Waals surface area contributed by atoms with Gasteiger partial charge in [-0.3, -0.25) is 0 Å². The summed E-state index contributed by atoms with van der Waals surface area (Å²) in [6.07, 6.45) is 3.11. The Kier molecular flexibility index (Phi) is 3.49. The number of benzene rings is 1. The van der Waals surface area contributed by atoms with Gasteiger partial charge in [-0.15, -0.1) is 0 Å².